The van der Waals surface area contributed by atoms with Gasteiger partial charge < -0.3 is 0 Å². The summed E-state index contributed by atoms with van der Waals surface area (Å²) < 4.78 is 17.9. The maximum absolute atomic E-state index is 6.58. The first-order chi connectivity index (χ1) is 18.0. The van der Waals surface area contributed by atoms with E-state index in [0.717, 1.165) is 12.4 Å². The first-order valence-electron chi connectivity index (χ1n) is 16.7. The van der Waals surface area contributed by atoms with E-state index >= 15 is 0 Å². The molecule has 0 aliphatic rings. The van der Waals surface area contributed by atoms with Gasteiger partial charge in [-0.1, -0.05) is 0 Å². The van der Waals surface area contributed by atoms with Crippen LogP contribution >= 0.6 is 0 Å². The zero-order valence-corrected chi connectivity index (χ0v) is 32.1. The molecule has 0 aliphatic carbocycles. The van der Waals surface area contributed by atoms with Crippen LogP contribution in [0.5, 0.6) is 5.75 Å². The summed E-state index contributed by atoms with van der Waals surface area (Å²) in [7, 11) is 0. The van der Waals surface area contributed by atoms with Gasteiger partial charge in [-0.05, 0) is 0 Å². The van der Waals surface area contributed by atoms with Crippen LogP contribution in [-0.2, 0) is 0 Å². The Kier molecular flexibility index (Phi) is 20.6. The molecule has 0 bridgehead atoms. The predicted molar refractivity (Wildman–Crippen MR) is 175 cm³/mol. The fourth-order valence-corrected chi connectivity index (χ4v) is 84.8. The number of rotatable bonds is 24. The van der Waals surface area contributed by atoms with Crippen LogP contribution in [0, 0.1) is 6.92 Å². The van der Waals surface area contributed by atoms with Crippen molar-refractivity contribution in [2.75, 3.05) is 6.61 Å². The van der Waals surface area contributed by atoms with Gasteiger partial charge in [0.25, 0.3) is 0 Å². The minimum atomic E-state index is -2.41. The van der Waals surface area contributed by atoms with E-state index in [-0.39, 0.29) is 0 Å². The van der Waals surface area contributed by atoms with Crippen molar-refractivity contribution in [1.82, 2.24) is 0 Å². The first-order valence-corrected chi connectivity index (χ1v) is 32.1. The zero-order chi connectivity index (χ0) is 27.4. The van der Waals surface area contributed by atoms with Crippen LogP contribution in [0.1, 0.15) is 131 Å². The first kappa shape index (κ1) is 35.6. The van der Waals surface area contributed by atoms with Crippen LogP contribution in [0.4, 0.5) is 0 Å². The van der Waals surface area contributed by atoms with Gasteiger partial charge in [0.15, 0.2) is 0 Å². The number of aryl methyl sites for hydroxylation is 1. The summed E-state index contributed by atoms with van der Waals surface area (Å²) in [6.07, 6.45) is 18.8. The Morgan fingerprint density at radius 2 is 0.865 bits per heavy atom. The Hall–Kier alpha value is 0.617. The average molecular weight is 728 g/mol. The molecule has 37 heavy (non-hydrogen) atoms. The average Bonchev–Trinajstić information content (AvgIpc) is 2.92. The molecule has 0 aliphatic heterocycles. The molecule has 0 spiro atoms. The van der Waals surface area contributed by atoms with Crippen molar-refractivity contribution in [3.63, 3.8) is 0 Å². The Morgan fingerprint density at radius 3 is 1.16 bits per heavy atom. The van der Waals surface area contributed by atoms with Crippen molar-refractivity contribution in [2.45, 2.75) is 161 Å². The summed E-state index contributed by atoms with van der Waals surface area (Å²) in [4.78, 5) is 0. The van der Waals surface area contributed by atoms with E-state index in [1.54, 1.807) is 26.6 Å². The van der Waals surface area contributed by atoms with Crippen molar-refractivity contribution in [1.29, 1.82) is 0 Å². The summed E-state index contributed by atoms with van der Waals surface area (Å²) in [6.45, 7) is 17.9. The predicted octanol–water partition coefficient (Wildman–Crippen LogP) is 12.4. The van der Waals surface area contributed by atoms with Gasteiger partial charge in [0.05, 0.1) is 0 Å². The van der Waals surface area contributed by atoms with Crippen molar-refractivity contribution < 1.29 is 4.74 Å². The van der Waals surface area contributed by atoms with E-state index in [4.69, 9.17) is 4.74 Å². The number of ether oxygens (including phenoxy) is 1. The van der Waals surface area contributed by atoms with Crippen LogP contribution in [0.25, 0.3) is 0 Å². The molecule has 1 rings (SSSR count). The van der Waals surface area contributed by atoms with E-state index in [2.05, 4.69) is 72.7 Å². The SMILES string of the molecule is CCC[CH2][Sn]([CH2]CCC)([CH2]CCC)[CH](CCOc1ccc(C)cc1)[Sn]([CH2]CCC)([CH2]CCC)[CH2]CCC. The summed E-state index contributed by atoms with van der Waals surface area (Å²) in [5.41, 5.74) is 1.33. The van der Waals surface area contributed by atoms with Crippen LogP contribution in [0.3, 0.4) is 0 Å². The van der Waals surface area contributed by atoms with Crippen LogP contribution in [-0.4, -0.2) is 43.4 Å². The molecule has 1 aromatic rings. The van der Waals surface area contributed by atoms with Gasteiger partial charge in [0.1, 0.15) is 0 Å². The standard InChI is InChI=1S/C10H12O.6C4H9.2Sn/c1-3-8-11-10-6-4-9(2)5-7-10;6*1-3-4-2;;/h1,4-7H,3,8H2,2H3;6*1,3-4H2,2H3;;. The number of unbranched alkanes of at least 4 members (excludes halogenated alkanes) is 6. The Morgan fingerprint density at radius 1 is 0.541 bits per heavy atom. The second-order valence-electron chi connectivity index (χ2n) is 12.3. The van der Waals surface area contributed by atoms with Crippen LogP contribution in [0.15, 0.2) is 24.3 Å². The van der Waals surface area contributed by atoms with E-state index in [1.807, 2.05) is 0 Å². The number of hydrogen-bond acceptors (Lipinski definition) is 1. The second kappa shape index (κ2) is 21.4. The summed E-state index contributed by atoms with van der Waals surface area (Å²) in [5, 5.41) is 0. The minimum absolute atomic E-state index is 0.972. The number of benzene rings is 1. The molecule has 0 fully saturated rings. The quantitative estimate of drug-likeness (QED) is 0.0964. The van der Waals surface area contributed by atoms with Crippen molar-refractivity contribution in [3.05, 3.63) is 29.8 Å². The van der Waals surface area contributed by atoms with Crippen LogP contribution < -0.4 is 4.74 Å². The maximum atomic E-state index is 6.58. The van der Waals surface area contributed by atoms with Crippen LogP contribution in [0.2, 0.25) is 28.6 Å². The van der Waals surface area contributed by atoms with Gasteiger partial charge in [-0.25, -0.2) is 0 Å². The summed E-state index contributed by atoms with van der Waals surface area (Å²) in [5.74, 6) is 1.09. The van der Waals surface area contributed by atoms with E-state index in [9.17, 15) is 0 Å². The topological polar surface area (TPSA) is 9.23 Å². The Labute approximate surface area is 242 Å². The molecule has 0 atom stereocenters. The van der Waals surface area contributed by atoms with Gasteiger partial charge in [-0.2, -0.15) is 0 Å². The molecule has 0 heterocycles. The third-order valence-electron chi connectivity index (χ3n) is 9.34. The van der Waals surface area contributed by atoms with Gasteiger partial charge >= 0.3 is 244 Å². The fraction of sp³-hybridized carbons (Fsp3) is 0.824. The molecule has 0 N–H and O–H groups in total. The second-order valence-corrected chi connectivity index (χ2v) is 45.1. The van der Waals surface area contributed by atoms with E-state index < -0.39 is 36.8 Å². The van der Waals surface area contributed by atoms with Crippen molar-refractivity contribution >= 4 is 36.8 Å². The number of hydrogen-bond donors (Lipinski definition) is 0. The summed E-state index contributed by atoms with van der Waals surface area (Å²) in [6, 6.07) is 8.84. The normalized spacial score (nSPS) is 12.4. The van der Waals surface area contributed by atoms with E-state index in [0.29, 0.717) is 0 Å². The van der Waals surface area contributed by atoms with Crippen molar-refractivity contribution in [2.24, 2.45) is 0 Å². The molecule has 1 aromatic carbocycles. The van der Waals surface area contributed by atoms with Crippen molar-refractivity contribution in [3.8, 4) is 5.75 Å². The molecule has 0 saturated heterocycles. The fourth-order valence-electron chi connectivity index (χ4n) is 7.16. The van der Waals surface area contributed by atoms with Gasteiger partial charge in [0, 0.05) is 0 Å². The van der Waals surface area contributed by atoms with Gasteiger partial charge in [0.2, 0.25) is 0 Å². The van der Waals surface area contributed by atoms with E-state index in [1.165, 1.54) is 91.0 Å². The van der Waals surface area contributed by atoms with Gasteiger partial charge in [-0.3, -0.25) is 0 Å². The molecule has 0 unspecified atom stereocenters. The molecule has 3 heteroatoms. The molecular formula is C34H66OSn2. The molecular weight excluding hydrogens is 662 g/mol. The zero-order valence-electron chi connectivity index (χ0n) is 26.4. The molecule has 0 aromatic heterocycles. The Bertz CT molecular complexity index is 581. The van der Waals surface area contributed by atoms with Gasteiger partial charge in [-0.15, -0.1) is 0 Å². The third kappa shape index (κ3) is 12.8. The Balaban J connectivity index is 3.55. The summed E-state index contributed by atoms with van der Waals surface area (Å²) >= 11 is -4.83. The molecule has 0 radical (unpaired) electrons. The monoisotopic (exact) mass is 730 g/mol. The molecule has 0 amide bonds. The third-order valence-corrected chi connectivity index (χ3v) is 66.0. The molecule has 1 nitrogen and oxygen atoms in total. The molecule has 0 saturated carbocycles. The molecule has 216 valence electrons.